The van der Waals surface area contributed by atoms with E-state index in [0.29, 0.717) is 18.9 Å². The highest BCUT2D eigenvalue weighted by atomic mass is 16.5. The molecular weight excluding hydrogens is 228 g/mol. The maximum atomic E-state index is 10.9. The van der Waals surface area contributed by atoms with E-state index in [-0.39, 0.29) is 5.91 Å². The van der Waals surface area contributed by atoms with Gasteiger partial charge in [-0.05, 0) is 36.5 Å². The van der Waals surface area contributed by atoms with Crippen LogP contribution in [0.2, 0.25) is 0 Å². The molecule has 1 aromatic rings. The number of rotatable bonds is 7. The van der Waals surface area contributed by atoms with E-state index in [2.05, 4.69) is 31.4 Å². The molecule has 4 nitrogen and oxygen atoms in total. The third-order valence-electron chi connectivity index (χ3n) is 2.75. The summed E-state index contributed by atoms with van der Waals surface area (Å²) < 4.78 is 5.65. The first-order valence-corrected chi connectivity index (χ1v) is 6.35. The zero-order chi connectivity index (χ0) is 13.4. The van der Waals surface area contributed by atoms with Crippen LogP contribution in [0.15, 0.2) is 24.3 Å². The fourth-order valence-electron chi connectivity index (χ4n) is 1.61. The molecule has 100 valence electrons. The van der Waals surface area contributed by atoms with Crippen LogP contribution in [-0.2, 0) is 4.79 Å². The molecule has 0 spiro atoms. The predicted octanol–water partition coefficient (Wildman–Crippen LogP) is 2.35. The van der Waals surface area contributed by atoms with Gasteiger partial charge in [-0.1, -0.05) is 26.0 Å². The number of hydrogen-bond donors (Lipinski definition) is 2. The number of carbonyl (C=O) groups excluding carboxylic acids is 1. The number of ether oxygens (including phenoxy) is 1. The number of carbonyl (C=O) groups is 1. The first-order chi connectivity index (χ1) is 8.63. The Morgan fingerprint density at radius 2 is 2.17 bits per heavy atom. The summed E-state index contributed by atoms with van der Waals surface area (Å²) in [4.78, 5) is 10.9. The first kappa shape index (κ1) is 14.5. The number of hydrazine groups is 1. The molecule has 0 aliphatic rings. The highest BCUT2D eigenvalue weighted by Gasteiger charge is 2.01. The van der Waals surface area contributed by atoms with Gasteiger partial charge in [0.15, 0.2) is 0 Å². The summed E-state index contributed by atoms with van der Waals surface area (Å²) >= 11 is 0. The van der Waals surface area contributed by atoms with Crippen molar-refractivity contribution in [1.82, 2.24) is 5.43 Å². The summed E-state index contributed by atoms with van der Waals surface area (Å²) in [5, 5.41) is 0. The zero-order valence-corrected chi connectivity index (χ0v) is 11.1. The van der Waals surface area contributed by atoms with Crippen molar-refractivity contribution in [3.05, 3.63) is 29.8 Å². The number of unbranched alkanes of at least 4 members (excludes halogenated alkanes) is 1. The SMILES string of the molecule is CC(C)c1cccc(OCCCCC(=O)NN)c1. The largest absolute Gasteiger partial charge is 0.494 e. The van der Waals surface area contributed by atoms with E-state index >= 15 is 0 Å². The molecule has 4 heteroatoms. The zero-order valence-electron chi connectivity index (χ0n) is 11.1. The molecule has 1 rings (SSSR count). The Labute approximate surface area is 108 Å². The Morgan fingerprint density at radius 3 is 2.83 bits per heavy atom. The molecule has 0 aromatic heterocycles. The van der Waals surface area contributed by atoms with Crippen molar-refractivity contribution < 1.29 is 9.53 Å². The molecule has 0 radical (unpaired) electrons. The smallest absolute Gasteiger partial charge is 0.233 e. The van der Waals surface area contributed by atoms with Gasteiger partial charge in [0.1, 0.15) is 5.75 Å². The van der Waals surface area contributed by atoms with Crippen molar-refractivity contribution in [3.63, 3.8) is 0 Å². The lowest BCUT2D eigenvalue weighted by Crippen LogP contribution is -2.29. The second kappa shape index (κ2) is 7.71. The fraction of sp³-hybridized carbons (Fsp3) is 0.500. The van der Waals surface area contributed by atoms with Crippen LogP contribution in [0, 0.1) is 0 Å². The van der Waals surface area contributed by atoms with Crippen LogP contribution >= 0.6 is 0 Å². The average molecular weight is 250 g/mol. The van der Waals surface area contributed by atoms with Gasteiger partial charge in [0.2, 0.25) is 5.91 Å². The average Bonchev–Trinajstić information content (AvgIpc) is 2.38. The van der Waals surface area contributed by atoms with E-state index in [1.807, 2.05) is 12.1 Å². The number of amides is 1. The maximum Gasteiger partial charge on any atom is 0.233 e. The molecule has 0 atom stereocenters. The van der Waals surface area contributed by atoms with E-state index in [1.54, 1.807) is 0 Å². The van der Waals surface area contributed by atoms with Crippen molar-refractivity contribution in [2.24, 2.45) is 5.84 Å². The van der Waals surface area contributed by atoms with Crippen LogP contribution in [0.3, 0.4) is 0 Å². The van der Waals surface area contributed by atoms with Crippen LogP contribution in [0.1, 0.15) is 44.6 Å². The molecule has 1 amide bonds. The maximum absolute atomic E-state index is 10.9. The molecule has 0 saturated carbocycles. The van der Waals surface area contributed by atoms with E-state index in [1.165, 1.54) is 5.56 Å². The fourth-order valence-corrected chi connectivity index (χ4v) is 1.61. The first-order valence-electron chi connectivity index (χ1n) is 6.35. The third-order valence-corrected chi connectivity index (χ3v) is 2.75. The lowest BCUT2D eigenvalue weighted by molar-refractivity contribution is -0.121. The molecule has 0 bridgehead atoms. The van der Waals surface area contributed by atoms with E-state index < -0.39 is 0 Å². The van der Waals surface area contributed by atoms with Gasteiger partial charge >= 0.3 is 0 Å². The van der Waals surface area contributed by atoms with E-state index in [0.717, 1.165) is 18.6 Å². The van der Waals surface area contributed by atoms with Gasteiger partial charge in [0, 0.05) is 6.42 Å². The van der Waals surface area contributed by atoms with Crippen LogP contribution < -0.4 is 16.0 Å². The number of nitrogens with one attached hydrogen (secondary N) is 1. The lowest BCUT2D eigenvalue weighted by atomic mass is 10.0. The molecule has 0 aliphatic heterocycles. The Kier molecular flexibility index (Phi) is 6.22. The van der Waals surface area contributed by atoms with Crippen LogP contribution in [0.5, 0.6) is 5.75 Å². The Hall–Kier alpha value is -1.55. The summed E-state index contributed by atoms with van der Waals surface area (Å²) in [5.74, 6) is 6.26. The van der Waals surface area contributed by atoms with Crippen molar-refractivity contribution in [2.45, 2.75) is 39.0 Å². The second-order valence-corrected chi connectivity index (χ2v) is 4.60. The van der Waals surface area contributed by atoms with Gasteiger partial charge in [-0.3, -0.25) is 10.2 Å². The van der Waals surface area contributed by atoms with Crippen molar-refractivity contribution >= 4 is 5.91 Å². The molecule has 0 heterocycles. The van der Waals surface area contributed by atoms with Crippen LogP contribution in [0.25, 0.3) is 0 Å². The van der Waals surface area contributed by atoms with Crippen molar-refractivity contribution in [3.8, 4) is 5.75 Å². The summed E-state index contributed by atoms with van der Waals surface area (Å²) in [6.45, 7) is 4.94. The standard InChI is InChI=1S/C14H22N2O2/c1-11(2)12-6-5-7-13(10-12)18-9-4-3-8-14(17)16-15/h5-7,10-11H,3-4,8-9,15H2,1-2H3,(H,16,17). The van der Waals surface area contributed by atoms with E-state index in [4.69, 9.17) is 10.6 Å². The van der Waals surface area contributed by atoms with Gasteiger partial charge in [-0.2, -0.15) is 0 Å². The number of hydrogen-bond acceptors (Lipinski definition) is 3. The molecule has 1 aromatic carbocycles. The lowest BCUT2D eigenvalue weighted by Gasteiger charge is -2.09. The number of nitrogens with two attached hydrogens (primary N) is 1. The molecule has 0 saturated heterocycles. The van der Waals surface area contributed by atoms with E-state index in [9.17, 15) is 4.79 Å². The minimum absolute atomic E-state index is 0.128. The normalized spacial score (nSPS) is 10.4. The monoisotopic (exact) mass is 250 g/mol. The topological polar surface area (TPSA) is 64.3 Å². The van der Waals surface area contributed by atoms with Gasteiger partial charge in [-0.25, -0.2) is 5.84 Å². The molecular formula is C14H22N2O2. The Morgan fingerprint density at radius 1 is 1.39 bits per heavy atom. The summed E-state index contributed by atoms with van der Waals surface area (Å²) in [5.41, 5.74) is 3.39. The quantitative estimate of drug-likeness (QED) is 0.338. The van der Waals surface area contributed by atoms with Crippen molar-refractivity contribution in [1.29, 1.82) is 0 Å². The summed E-state index contributed by atoms with van der Waals surface area (Å²) in [7, 11) is 0. The molecule has 3 N–H and O–H groups in total. The van der Waals surface area contributed by atoms with Gasteiger partial charge in [0.05, 0.1) is 6.61 Å². The van der Waals surface area contributed by atoms with Gasteiger partial charge in [-0.15, -0.1) is 0 Å². The summed E-state index contributed by atoms with van der Waals surface area (Å²) in [6.07, 6.45) is 2.08. The highest BCUT2D eigenvalue weighted by Crippen LogP contribution is 2.20. The van der Waals surface area contributed by atoms with Crippen LogP contribution in [0.4, 0.5) is 0 Å². The minimum Gasteiger partial charge on any atom is -0.494 e. The van der Waals surface area contributed by atoms with Gasteiger partial charge in [0.25, 0.3) is 0 Å². The molecule has 18 heavy (non-hydrogen) atoms. The molecule has 0 aliphatic carbocycles. The number of benzene rings is 1. The van der Waals surface area contributed by atoms with Gasteiger partial charge < -0.3 is 4.74 Å². The Bertz CT molecular complexity index is 378. The minimum atomic E-state index is -0.128. The molecule has 0 fully saturated rings. The third kappa shape index (κ3) is 5.19. The Balaban J connectivity index is 2.27. The predicted molar refractivity (Wildman–Crippen MR) is 72.2 cm³/mol. The van der Waals surface area contributed by atoms with Crippen LogP contribution in [-0.4, -0.2) is 12.5 Å². The summed E-state index contributed by atoms with van der Waals surface area (Å²) in [6, 6.07) is 8.13. The highest BCUT2D eigenvalue weighted by molar-refractivity contribution is 5.75. The second-order valence-electron chi connectivity index (χ2n) is 4.60. The molecule has 0 unspecified atom stereocenters. The van der Waals surface area contributed by atoms with Crippen molar-refractivity contribution in [2.75, 3.05) is 6.61 Å².